The summed E-state index contributed by atoms with van der Waals surface area (Å²) in [5.41, 5.74) is 1.27. The lowest BCUT2D eigenvalue weighted by Crippen LogP contribution is -2.17. The predicted molar refractivity (Wildman–Crippen MR) is 129 cm³/mol. The number of nitrogens with one attached hydrogen (secondary N) is 1. The van der Waals surface area contributed by atoms with Crippen LogP contribution in [0.25, 0.3) is 0 Å². The third-order valence-corrected chi connectivity index (χ3v) is 4.88. The molecule has 0 unspecified atom stereocenters. The highest BCUT2D eigenvalue weighted by Gasteiger charge is 2.19. The number of ether oxygens (including phenoxy) is 2. The fourth-order valence-corrected chi connectivity index (χ4v) is 3.34. The molecule has 4 aromatic rings. The second-order valence-corrected chi connectivity index (χ2v) is 7.36. The summed E-state index contributed by atoms with van der Waals surface area (Å²) in [4.78, 5) is 37.9. The lowest BCUT2D eigenvalue weighted by atomic mass is 10.0. The minimum atomic E-state index is -0.564. The van der Waals surface area contributed by atoms with Crippen LogP contribution in [0.3, 0.4) is 0 Å². The summed E-state index contributed by atoms with van der Waals surface area (Å²) in [7, 11) is 0. The minimum Gasteiger partial charge on any atom is -0.457 e. The molecular formula is C28H21NO5. The predicted octanol–water partition coefficient (Wildman–Crippen LogP) is 5.89. The first-order valence-electron chi connectivity index (χ1n) is 10.6. The third kappa shape index (κ3) is 5.37. The number of anilines is 1. The summed E-state index contributed by atoms with van der Waals surface area (Å²) in [6, 6.07) is 29.2. The zero-order valence-corrected chi connectivity index (χ0v) is 18.4. The average molecular weight is 451 g/mol. The molecule has 0 fully saturated rings. The number of ketones is 1. The van der Waals surface area contributed by atoms with Gasteiger partial charge in [-0.25, -0.2) is 0 Å². The van der Waals surface area contributed by atoms with Gasteiger partial charge in [-0.2, -0.15) is 0 Å². The van der Waals surface area contributed by atoms with Crippen molar-refractivity contribution >= 4 is 23.3 Å². The van der Waals surface area contributed by atoms with Crippen LogP contribution in [0, 0.1) is 0 Å². The summed E-state index contributed by atoms with van der Waals surface area (Å²) >= 11 is 0. The monoisotopic (exact) mass is 451 g/mol. The molecule has 4 aromatic carbocycles. The number of hydrogen-bond acceptors (Lipinski definition) is 5. The van der Waals surface area contributed by atoms with Crippen LogP contribution in [-0.4, -0.2) is 17.7 Å². The van der Waals surface area contributed by atoms with Gasteiger partial charge in [0.25, 0.3) is 5.91 Å². The summed E-state index contributed by atoms with van der Waals surface area (Å²) in [6.45, 7) is 1.25. The number of carbonyl (C=O) groups excluding carboxylic acids is 3. The molecule has 0 bridgehead atoms. The van der Waals surface area contributed by atoms with Crippen molar-refractivity contribution in [3.05, 3.63) is 120 Å². The van der Waals surface area contributed by atoms with Gasteiger partial charge in [-0.1, -0.05) is 60.7 Å². The molecule has 34 heavy (non-hydrogen) atoms. The first-order chi connectivity index (χ1) is 16.5. The zero-order chi connectivity index (χ0) is 23.9. The quantitative estimate of drug-likeness (QED) is 0.215. The van der Waals surface area contributed by atoms with E-state index in [0.29, 0.717) is 28.3 Å². The van der Waals surface area contributed by atoms with Crippen LogP contribution in [0.4, 0.5) is 5.69 Å². The van der Waals surface area contributed by atoms with E-state index >= 15 is 0 Å². The maximum atomic E-state index is 13.3. The van der Waals surface area contributed by atoms with Gasteiger partial charge >= 0.3 is 5.97 Å². The molecule has 6 nitrogen and oxygen atoms in total. The molecule has 0 aliphatic heterocycles. The van der Waals surface area contributed by atoms with Crippen molar-refractivity contribution in [1.82, 2.24) is 0 Å². The smallest absolute Gasteiger partial charge is 0.308 e. The molecule has 1 amide bonds. The standard InChI is InChI=1S/C28H21NO5/c1-19(30)33-26-17-16-22(34-21-12-6-3-7-13-21)18-24(26)28(32)29-25-15-9-8-14-23(25)27(31)20-10-4-2-5-11-20/h2-18H,1H3,(H,29,32). The minimum absolute atomic E-state index is 0.0808. The lowest BCUT2D eigenvalue weighted by Gasteiger charge is -2.14. The van der Waals surface area contributed by atoms with Gasteiger partial charge in [-0.05, 0) is 42.5 Å². The Morgan fingerprint density at radius 2 is 1.32 bits per heavy atom. The normalized spacial score (nSPS) is 10.3. The van der Waals surface area contributed by atoms with Gasteiger partial charge in [0.05, 0.1) is 11.3 Å². The van der Waals surface area contributed by atoms with E-state index in [1.165, 1.54) is 19.1 Å². The summed E-state index contributed by atoms with van der Waals surface area (Å²) in [5, 5.41) is 2.78. The molecule has 6 heteroatoms. The fourth-order valence-electron chi connectivity index (χ4n) is 3.34. The maximum Gasteiger partial charge on any atom is 0.308 e. The summed E-state index contributed by atoms with van der Waals surface area (Å²) in [6.07, 6.45) is 0. The van der Waals surface area contributed by atoms with E-state index in [-0.39, 0.29) is 17.1 Å². The first kappa shape index (κ1) is 22.5. The van der Waals surface area contributed by atoms with E-state index in [4.69, 9.17) is 9.47 Å². The molecule has 0 atom stereocenters. The Kier molecular flexibility index (Phi) is 6.79. The van der Waals surface area contributed by atoms with Gasteiger partial charge < -0.3 is 14.8 Å². The van der Waals surface area contributed by atoms with Crippen LogP contribution in [0.1, 0.15) is 33.2 Å². The molecule has 0 heterocycles. The number of hydrogen-bond donors (Lipinski definition) is 1. The van der Waals surface area contributed by atoms with Crippen LogP contribution >= 0.6 is 0 Å². The summed E-state index contributed by atoms with van der Waals surface area (Å²) < 4.78 is 11.1. The maximum absolute atomic E-state index is 13.3. The third-order valence-electron chi connectivity index (χ3n) is 4.88. The molecule has 4 rings (SSSR count). The molecule has 0 saturated carbocycles. The number of para-hydroxylation sites is 2. The van der Waals surface area contributed by atoms with Crippen molar-refractivity contribution in [3.8, 4) is 17.2 Å². The molecule has 1 N–H and O–H groups in total. The molecule has 0 aromatic heterocycles. The van der Waals surface area contributed by atoms with Crippen LogP contribution < -0.4 is 14.8 Å². The van der Waals surface area contributed by atoms with Crippen molar-refractivity contribution < 1.29 is 23.9 Å². The second kappa shape index (κ2) is 10.3. The van der Waals surface area contributed by atoms with E-state index in [1.807, 2.05) is 24.3 Å². The van der Waals surface area contributed by atoms with E-state index in [2.05, 4.69) is 5.32 Å². The van der Waals surface area contributed by atoms with Gasteiger partial charge in [0.2, 0.25) is 0 Å². The van der Waals surface area contributed by atoms with Gasteiger partial charge in [-0.15, -0.1) is 0 Å². The van der Waals surface area contributed by atoms with Crippen LogP contribution in [0.5, 0.6) is 17.2 Å². The Bertz CT molecular complexity index is 1330. The van der Waals surface area contributed by atoms with Crippen molar-refractivity contribution in [3.63, 3.8) is 0 Å². The number of esters is 1. The van der Waals surface area contributed by atoms with Crippen molar-refractivity contribution in [2.45, 2.75) is 6.92 Å². The van der Waals surface area contributed by atoms with Gasteiger partial charge in [0, 0.05) is 18.1 Å². The van der Waals surface area contributed by atoms with Gasteiger partial charge in [0.15, 0.2) is 5.78 Å². The Labute approximate surface area is 196 Å². The second-order valence-electron chi connectivity index (χ2n) is 7.36. The Balaban J connectivity index is 1.65. The van der Waals surface area contributed by atoms with Crippen LogP contribution in [-0.2, 0) is 4.79 Å². The highest BCUT2D eigenvalue weighted by Crippen LogP contribution is 2.29. The highest BCUT2D eigenvalue weighted by molar-refractivity contribution is 6.15. The number of rotatable bonds is 7. The van der Waals surface area contributed by atoms with Crippen molar-refractivity contribution in [2.75, 3.05) is 5.32 Å². The number of benzene rings is 4. The van der Waals surface area contributed by atoms with Crippen molar-refractivity contribution in [1.29, 1.82) is 0 Å². The topological polar surface area (TPSA) is 81.7 Å². The zero-order valence-electron chi connectivity index (χ0n) is 18.4. The molecule has 0 saturated heterocycles. The lowest BCUT2D eigenvalue weighted by molar-refractivity contribution is -0.131. The van der Waals surface area contributed by atoms with Crippen LogP contribution in [0.15, 0.2) is 103 Å². The first-order valence-corrected chi connectivity index (χ1v) is 10.6. The van der Waals surface area contributed by atoms with Gasteiger partial charge in [-0.3, -0.25) is 14.4 Å². The van der Waals surface area contributed by atoms with E-state index in [0.717, 1.165) is 0 Å². The largest absolute Gasteiger partial charge is 0.457 e. The van der Waals surface area contributed by atoms with Crippen molar-refractivity contribution in [2.24, 2.45) is 0 Å². The highest BCUT2D eigenvalue weighted by atomic mass is 16.5. The Morgan fingerprint density at radius 3 is 2.03 bits per heavy atom. The van der Waals surface area contributed by atoms with E-state index < -0.39 is 11.9 Å². The van der Waals surface area contributed by atoms with Crippen LogP contribution in [0.2, 0.25) is 0 Å². The number of carbonyl (C=O) groups is 3. The number of amides is 1. The van der Waals surface area contributed by atoms with Gasteiger partial charge in [0.1, 0.15) is 17.2 Å². The molecular weight excluding hydrogens is 430 g/mol. The fraction of sp³-hybridized carbons (Fsp3) is 0.0357. The molecule has 0 spiro atoms. The van der Waals surface area contributed by atoms with E-state index in [1.54, 1.807) is 66.7 Å². The molecule has 168 valence electrons. The Morgan fingerprint density at radius 1 is 0.676 bits per heavy atom. The Hall–Kier alpha value is -4.71. The molecule has 0 radical (unpaired) electrons. The average Bonchev–Trinajstić information content (AvgIpc) is 2.86. The van der Waals surface area contributed by atoms with E-state index in [9.17, 15) is 14.4 Å². The molecule has 0 aliphatic rings. The SMILES string of the molecule is CC(=O)Oc1ccc(Oc2ccccc2)cc1C(=O)Nc1ccccc1C(=O)c1ccccc1. The summed E-state index contributed by atoms with van der Waals surface area (Å²) in [5.74, 6) is -0.280. The molecule has 0 aliphatic carbocycles.